The molecule has 4 heteroatoms. The van der Waals surface area contributed by atoms with Crippen LogP contribution in [0.4, 0.5) is 0 Å². The van der Waals surface area contributed by atoms with Gasteiger partial charge in [-0.3, -0.25) is 4.79 Å². The van der Waals surface area contributed by atoms with Gasteiger partial charge in [-0.1, -0.05) is 37.3 Å². The van der Waals surface area contributed by atoms with Crippen molar-refractivity contribution in [1.82, 2.24) is 0 Å². The van der Waals surface area contributed by atoms with Gasteiger partial charge in [-0.15, -0.1) is 0 Å². The summed E-state index contributed by atoms with van der Waals surface area (Å²) in [6, 6.07) is 10.3. The molecule has 4 aliphatic rings. The van der Waals surface area contributed by atoms with Crippen LogP contribution in [0.15, 0.2) is 53.1 Å². The Balaban J connectivity index is 1.58. The molecule has 0 N–H and O–H groups in total. The summed E-state index contributed by atoms with van der Waals surface area (Å²) < 4.78 is 18.1. The zero-order valence-electron chi connectivity index (χ0n) is 19.9. The molecule has 1 unspecified atom stereocenters. The van der Waals surface area contributed by atoms with E-state index in [1.165, 1.54) is 16.7 Å². The maximum atomic E-state index is 13.0. The molecule has 1 aromatic carbocycles. The van der Waals surface area contributed by atoms with Crippen molar-refractivity contribution in [3.63, 3.8) is 0 Å². The molecule has 0 heterocycles. The van der Waals surface area contributed by atoms with E-state index in [-0.39, 0.29) is 28.8 Å². The second-order valence-corrected chi connectivity index (χ2v) is 10.4. The molecule has 0 saturated heterocycles. The first-order chi connectivity index (χ1) is 15.5. The molecule has 0 radical (unpaired) electrons. The molecule has 0 aromatic heterocycles. The molecule has 5 rings (SSSR count). The standard InChI is InChI=1S/C28H36O4/c1-27-16-25(31-3)26-20(23(27)12-13-28(27,32-4)17-30-2)11-10-19-14-24(29)21(15-22(19)26)18-8-6-5-7-9-18/h5-9,14,20-21,23,25H,10-13,15-17H2,1-4H3/t20-,21?,23-,25-,27-,28+/m0/s1. The Hall–Kier alpha value is -1.75. The molecule has 4 nitrogen and oxygen atoms in total. The van der Waals surface area contributed by atoms with Gasteiger partial charge in [-0.25, -0.2) is 0 Å². The molecule has 2 saturated carbocycles. The Morgan fingerprint density at radius 1 is 1.09 bits per heavy atom. The Morgan fingerprint density at radius 3 is 2.56 bits per heavy atom. The zero-order valence-corrected chi connectivity index (χ0v) is 19.9. The fraction of sp³-hybridized carbons (Fsp3) is 0.607. The highest BCUT2D eigenvalue weighted by molar-refractivity contribution is 5.98. The third-order valence-corrected chi connectivity index (χ3v) is 9.34. The van der Waals surface area contributed by atoms with Gasteiger partial charge < -0.3 is 14.2 Å². The van der Waals surface area contributed by atoms with E-state index < -0.39 is 0 Å². The van der Waals surface area contributed by atoms with E-state index in [2.05, 4.69) is 19.1 Å². The molecule has 1 aromatic rings. The number of carbonyl (C=O) groups excluding carboxylic acids is 1. The summed E-state index contributed by atoms with van der Waals surface area (Å²) in [6.45, 7) is 3.03. The van der Waals surface area contributed by atoms with Gasteiger partial charge in [0, 0.05) is 26.7 Å². The quantitative estimate of drug-likeness (QED) is 0.633. The van der Waals surface area contributed by atoms with Gasteiger partial charge in [0.15, 0.2) is 5.78 Å². The van der Waals surface area contributed by atoms with Crippen molar-refractivity contribution in [3.05, 3.63) is 58.7 Å². The van der Waals surface area contributed by atoms with E-state index in [4.69, 9.17) is 14.2 Å². The fourth-order valence-corrected chi connectivity index (χ4v) is 7.71. The molecule has 172 valence electrons. The monoisotopic (exact) mass is 436 g/mol. The van der Waals surface area contributed by atoms with E-state index in [1.54, 1.807) is 7.11 Å². The van der Waals surface area contributed by atoms with Gasteiger partial charge in [0.1, 0.15) is 0 Å². The Kier molecular flexibility index (Phi) is 5.68. The molecule has 32 heavy (non-hydrogen) atoms. The number of methoxy groups -OCH3 is 3. The number of rotatable bonds is 5. The van der Waals surface area contributed by atoms with E-state index in [9.17, 15) is 4.79 Å². The Bertz CT molecular complexity index is 947. The number of fused-ring (bicyclic) bond motifs is 4. The van der Waals surface area contributed by atoms with Crippen molar-refractivity contribution in [2.24, 2.45) is 17.3 Å². The summed E-state index contributed by atoms with van der Waals surface area (Å²) >= 11 is 0. The maximum absolute atomic E-state index is 13.0. The lowest BCUT2D eigenvalue weighted by Crippen LogP contribution is -2.56. The van der Waals surface area contributed by atoms with Gasteiger partial charge in [-0.2, -0.15) is 0 Å². The van der Waals surface area contributed by atoms with Gasteiger partial charge in [0.25, 0.3) is 0 Å². The second-order valence-electron chi connectivity index (χ2n) is 10.4. The highest BCUT2D eigenvalue weighted by Crippen LogP contribution is 2.65. The molecule has 2 fully saturated rings. The zero-order chi connectivity index (χ0) is 22.5. The van der Waals surface area contributed by atoms with Crippen molar-refractivity contribution in [1.29, 1.82) is 0 Å². The summed E-state index contributed by atoms with van der Waals surface area (Å²) in [5, 5.41) is 0. The van der Waals surface area contributed by atoms with Crippen LogP contribution >= 0.6 is 0 Å². The number of ether oxygens (including phenoxy) is 3. The highest BCUT2D eigenvalue weighted by atomic mass is 16.5. The van der Waals surface area contributed by atoms with Gasteiger partial charge in [0.05, 0.1) is 24.2 Å². The number of allylic oxidation sites excluding steroid dienone is 3. The van der Waals surface area contributed by atoms with Gasteiger partial charge >= 0.3 is 0 Å². The van der Waals surface area contributed by atoms with E-state index >= 15 is 0 Å². The predicted octanol–water partition coefficient (Wildman–Crippen LogP) is 5.24. The van der Waals surface area contributed by atoms with Crippen molar-refractivity contribution in [3.8, 4) is 0 Å². The van der Waals surface area contributed by atoms with Crippen LogP contribution in [0.1, 0.15) is 56.9 Å². The lowest BCUT2D eigenvalue weighted by Gasteiger charge is -2.55. The summed E-state index contributed by atoms with van der Waals surface area (Å²) in [4.78, 5) is 13.0. The smallest absolute Gasteiger partial charge is 0.163 e. The number of carbonyl (C=O) groups is 1. The summed E-state index contributed by atoms with van der Waals surface area (Å²) in [5.74, 6) is 1.22. The van der Waals surface area contributed by atoms with Crippen molar-refractivity contribution in [2.45, 2.75) is 63.1 Å². The number of benzene rings is 1. The van der Waals surface area contributed by atoms with Crippen molar-refractivity contribution in [2.75, 3.05) is 27.9 Å². The molecule has 6 atom stereocenters. The minimum Gasteiger partial charge on any atom is -0.382 e. The van der Waals surface area contributed by atoms with Crippen LogP contribution in [0.2, 0.25) is 0 Å². The average Bonchev–Trinajstić information content (AvgIpc) is 3.10. The first-order valence-corrected chi connectivity index (χ1v) is 12.1. The molecule has 4 aliphatic carbocycles. The van der Waals surface area contributed by atoms with Gasteiger partial charge in [-0.05, 0) is 78.7 Å². The molecule has 0 aliphatic heterocycles. The third kappa shape index (κ3) is 3.10. The molecule has 0 spiro atoms. The second kappa shape index (κ2) is 8.23. The topological polar surface area (TPSA) is 44.8 Å². The maximum Gasteiger partial charge on any atom is 0.163 e. The summed E-state index contributed by atoms with van der Waals surface area (Å²) in [5.41, 5.74) is 5.02. The third-order valence-electron chi connectivity index (χ3n) is 9.34. The average molecular weight is 437 g/mol. The van der Waals surface area contributed by atoms with E-state index in [0.717, 1.165) is 44.1 Å². The Morgan fingerprint density at radius 2 is 1.88 bits per heavy atom. The van der Waals surface area contributed by atoms with Gasteiger partial charge in [0.2, 0.25) is 0 Å². The minimum atomic E-state index is -0.259. The van der Waals surface area contributed by atoms with Crippen LogP contribution in [-0.4, -0.2) is 45.4 Å². The molecular weight excluding hydrogens is 400 g/mol. The minimum absolute atomic E-state index is 0.0116. The van der Waals surface area contributed by atoms with Crippen LogP contribution < -0.4 is 0 Å². The predicted molar refractivity (Wildman–Crippen MR) is 125 cm³/mol. The molecule has 0 bridgehead atoms. The first kappa shape index (κ1) is 22.1. The van der Waals surface area contributed by atoms with E-state index in [0.29, 0.717) is 18.4 Å². The lowest BCUT2D eigenvalue weighted by molar-refractivity contribution is -0.161. The summed E-state index contributed by atoms with van der Waals surface area (Å²) in [6.07, 6.45) is 8.03. The largest absolute Gasteiger partial charge is 0.382 e. The van der Waals surface area contributed by atoms with Crippen LogP contribution in [0.25, 0.3) is 0 Å². The first-order valence-electron chi connectivity index (χ1n) is 12.1. The Labute approximate surface area is 192 Å². The lowest BCUT2D eigenvalue weighted by atomic mass is 9.53. The molecular formula is C28H36O4. The van der Waals surface area contributed by atoms with Crippen molar-refractivity contribution >= 4 is 5.78 Å². The number of hydrogen-bond donors (Lipinski definition) is 0. The van der Waals surface area contributed by atoms with Crippen LogP contribution in [0.3, 0.4) is 0 Å². The summed E-state index contributed by atoms with van der Waals surface area (Å²) in [7, 11) is 5.47. The van der Waals surface area contributed by atoms with Crippen molar-refractivity contribution < 1.29 is 19.0 Å². The number of ketones is 1. The van der Waals surface area contributed by atoms with Crippen LogP contribution in [0, 0.1) is 17.3 Å². The number of hydrogen-bond acceptors (Lipinski definition) is 4. The highest BCUT2D eigenvalue weighted by Gasteiger charge is 2.64. The molecule has 0 amide bonds. The van der Waals surface area contributed by atoms with Crippen LogP contribution in [-0.2, 0) is 19.0 Å². The van der Waals surface area contributed by atoms with E-state index in [1.807, 2.05) is 38.5 Å². The SMILES string of the molecule is COC[C@]1(OC)CC[C@H]2[C@@H]3CCC4=CC(=O)C(c5ccccc5)CC4=C3[C@@H](OC)C[C@@]21C. The fourth-order valence-electron chi connectivity index (χ4n) is 7.71. The normalized spacial score (nSPS) is 38.8. The van der Waals surface area contributed by atoms with Crippen LogP contribution in [0.5, 0.6) is 0 Å².